The van der Waals surface area contributed by atoms with E-state index in [1.165, 1.54) is 12.8 Å². The Labute approximate surface area is 227 Å². The van der Waals surface area contributed by atoms with Crippen LogP contribution in [0, 0.1) is 5.92 Å². The van der Waals surface area contributed by atoms with E-state index in [0.29, 0.717) is 24.5 Å². The summed E-state index contributed by atoms with van der Waals surface area (Å²) in [6, 6.07) is 11.2. The number of carbonyl (C=O) groups is 1. The molecule has 10 nitrogen and oxygen atoms in total. The molecule has 3 aromatic heterocycles. The topological polar surface area (TPSA) is 130 Å². The smallest absolute Gasteiger partial charge is 0.335 e. The molecule has 6 rings (SSSR count). The van der Waals surface area contributed by atoms with Crippen LogP contribution >= 0.6 is 0 Å². The first-order valence-electron chi connectivity index (χ1n) is 13.9. The van der Waals surface area contributed by atoms with Crippen LogP contribution in [0.1, 0.15) is 60.5 Å². The Bertz CT molecular complexity index is 1420. The highest BCUT2D eigenvalue weighted by Crippen LogP contribution is 2.33. The van der Waals surface area contributed by atoms with Gasteiger partial charge in [-0.3, -0.25) is 4.98 Å². The number of hydrogen-bond donors (Lipinski definition) is 4. The quantitative estimate of drug-likeness (QED) is 0.245. The molecular formula is C29H34N8O2. The molecule has 0 unspecified atom stereocenters. The van der Waals surface area contributed by atoms with Crippen molar-refractivity contribution in [2.45, 2.75) is 51.1 Å². The van der Waals surface area contributed by atoms with E-state index in [-0.39, 0.29) is 5.56 Å². The summed E-state index contributed by atoms with van der Waals surface area (Å²) in [4.78, 5) is 30.2. The first-order valence-corrected chi connectivity index (χ1v) is 13.9. The zero-order chi connectivity index (χ0) is 26.6. The molecule has 1 aliphatic heterocycles. The third-order valence-electron chi connectivity index (χ3n) is 7.86. The van der Waals surface area contributed by atoms with Crippen LogP contribution in [0.2, 0.25) is 0 Å². The maximum absolute atomic E-state index is 11.1. The van der Waals surface area contributed by atoms with Crippen LogP contribution in [0.15, 0.2) is 48.9 Å². The maximum Gasteiger partial charge on any atom is 0.335 e. The zero-order valence-electron chi connectivity index (χ0n) is 21.9. The van der Waals surface area contributed by atoms with Crippen LogP contribution in [-0.4, -0.2) is 55.2 Å². The Morgan fingerprint density at radius 1 is 0.974 bits per heavy atom. The molecule has 0 radical (unpaired) electrons. The van der Waals surface area contributed by atoms with Crippen molar-refractivity contribution in [3.8, 4) is 11.3 Å². The number of rotatable bonds is 9. The van der Waals surface area contributed by atoms with Gasteiger partial charge in [-0.25, -0.2) is 9.78 Å². The van der Waals surface area contributed by atoms with Crippen LogP contribution in [0.25, 0.3) is 22.4 Å². The normalized spacial score (nSPS) is 16.5. The summed E-state index contributed by atoms with van der Waals surface area (Å²) in [5, 5.41) is 19.5. The van der Waals surface area contributed by atoms with Gasteiger partial charge in [-0.15, -0.1) is 0 Å². The minimum atomic E-state index is -0.938. The molecule has 39 heavy (non-hydrogen) atoms. The molecule has 202 valence electrons. The molecule has 0 spiro atoms. The molecule has 2 fully saturated rings. The number of carboxylic acids is 1. The van der Waals surface area contributed by atoms with Gasteiger partial charge in [0.05, 0.1) is 17.6 Å². The van der Waals surface area contributed by atoms with E-state index in [0.717, 1.165) is 79.1 Å². The molecule has 0 bridgehead atoms. The second-order valence-corrected chi connectivity index (χ2v) is 10.5. The van der Waals surface area contributed by atoms with Crippen molar-refractivity contribution in [2.75, 3.05) is 30.3 Å². The van der Waals surface area contributed by atoms with Gasteiger partial charge in [-0.1, -0.05) is 31.0 Å². The van der Waals surface area contributed by atoms with Crippen LogP contribution in [0.5, 0.6) is 0 Å². The second-order valence-electron chi connectivity index (χ2n) is 10.5. The van der Waals surface area contributed by atoms with Crippen LogP contribution in [-0.2, 0) is 6.54 Å². The number of aromatic carboxylic acids is 1. The highest BCUT2D eigenvalue weighted by molar-refractivity contribution is 5.88. The number of nitrogens with zero attached hydrogens (tertiary/aromatic N) is 5. The summed E-state index contributed by atoms with van der Waals surface area (Å²) < 4.78 is 2.23. The van der Waals surface area contributed by atoms with E-state index >= 15 is 0 Å². The lowest BCUT2D eigenvalue weighted by Gasteiger charge is -2.23. The summed E-state index contributed by atoms with van der Waals surface area (Å²) in [5.41, 5.74) is 4.60. The molecule has 2 aliphatic rings. The predicted molar refractivity (Wildman–Crippen MR) is 151 cm³/mol. The number of piperidine rings is 1. The molecule has 0 amide bonds. The maximum atomic E-state index is 11.1. The number of hydrogen-bond acceptors (Lipinski definition) is 8. The number of pyridine rings is 1. The molecule has 1 saturated carbocycles. The second kappa shape index (κ2) is 11.4. The number of anilines is 2. The first kappa shape index (κ1) is 25.2. The summed E-state index contributed by atoms with van der Waals surface area (Å²) in [6.07, 6.45) is 10.9. The number of nitrogens with one attached hydrogen (secondary N) is 3. The fourth-order valence-corrected chi connectivity index (χ4v) is 5.56. The Morgan fingerprint density at radius 3 is 2.49 bits per heavy atom. The van der Waals surface area contributed by atoms with Gasteiger partial charge in [0.15, 0.2) is 17.0 Å². The molecule has 4 N–H and O–H groups in total. The Morgan fingerprint density at radius 2 is 1.77 bits per heavy atom. The van der Waals surface area contributed by atoms with Crippen LogP contribution in [0.3, 0.4) is 0 Å². The fraction of sp³-hybridized carbons (Fsp3) is 0.414. The number of imidazole rings is 1. The lowest BCUT2D eigenvalue weighted by Crippen LogP contribution is -2.31. The van der Waals surface area contributed by atoms with Gasteiger partial charge in [0.25, 0.3) is 0 Å². The van der Waals surface area contributed by atoms with E-state index in [1.807, 2.05) is 24.7 Å². The third kappa shape index (κ3) is 5.70. The standard InChI is InChI=1S/C29H34N8O2/c38-28(39)22-8-6-21(7-9-22)24-10-5-20(16-31-24)17-32-26-25-27(37(18-34-25)23-3-1-2-4-23)36-29(35-26)33-15-19-11-13-30-14-12-19/h5-10,16,18-19,23,30H,1-4,11-15,17H2,(H,38,39)(H2,32,33,35,36). The van der Waals surface area contributed by atoms with Crippen molar-refractivity contribution in [1.29, 1.82) is 0 Å². The van der Waals surface area contributed by atoms with Crippen molar-refractivity contribution in [1.82, 2.24) is 29.8 Å². The average Bonchev–Trinajstić information content (AvgIpc) is 3.66. The number of benzene rings is 1. The van der Waals surface area contributed by atoms with E-state index in [4.69, 9.17) is 20.1 Å². The molecule has 0 atom stereocenters. The zero-order valence-corrected chi connectivity index (χ0v) is 21.9. The number of aromatic nitrogens is 5. The fourth-order valence-electron chi connectivity index (χ4n) is 5.56. The van der Waals surface area contributed by atoms with E-state index in [9.17, 15) is 4.79 Å². The summed E-state index contributed by atoms with van der Waals surface area (Å²) in [5.74, 6) is 1.04. The van der Waals surface area contributed by atoms with E-state index < -0.39 is 5.97 Å². The highest BCUT2D eigenvalue weighted by atomic mass is 16.4. The molecule has 1 saturated heterocycles. The first-order chi connectivity index (χ1) is 19.1. The molecule has 4 aromatic rings. The SMILES string of the molecule is O=C(O)c1ccc(-c2ccc(CNc3nc(NCC4CCNCC4)nc4c3ncn4C3CCCC3)cn2)cc1. The van der Waals surface area contributed by atoms with Crippen molar-refractivity contribution in [3.05, 3.63) is 60.0 Å². The lowest BCUT2D eigenvalue weighted by atomic mass is 9.98. The molecule has 10 heteroatoms. The van der Waals surface area contributed by atoms with Gasteiger partial charge in [-0.2, -0.15) is 9.97 Å². The highest BCUT2D eigenvalue weighted by Gasteiger charge is 2.22. The summed E-state index contributed by atoms with van der Waals surface area (Å²) in [7, 11) is 0. The minimum Gasteiger partial charge on any atom is -0.478 e. The van der Waals surface area contributed by atoms with E-state index in [2.05, 4.69) is 25.5 Å². The lowest BCUT2D eigenvalue weighted by molar-refractivity contribution is 0.0697. The van der Waals surface area contributed by atoms with E-state index in [1.54, 1.807) is 24.3 Å². The van der Waals surface area contributed by atoms with Gasteiger partial charge in [0.1, 0.15) is 0 Å². The van der Waals surface area contributed by atoms with Gasteiger partial charge in [0, 0.05) is 30.9 Å². The van der Waals surface area contributed by atoms with Gasteiger partial charge in [-0.05, 0) is 68.5 Å². The largest absolute Gasteiger partial charge is 0.478 e. The molecule has 1 aromatic carbocycles. The minimum absolute atomic E-state index is 0.260. The predicted octanol–water partition coefficient (Wildman–Crippen LogP) is 4.73. The summed E-state index contributed by atoms with van der Waals surface area (Å²) >= 11 is 0. The monoisotopic (exact) mass is 526 g/mol. The van der Waals surface area contributed by atoms with Gasteiger partial charge < -0.3 is 25.6 Å². The van der Waals surface area contributed by atoms with Crippen molar-refractivity contribution in [3.63, 3.8) is 0 Å². The Balaban J connectivity index is 1.20. The van der Waals surface area contributed by atoms with Crippen LogP contribution < -0.4 is 16.0 Å². The molecular weight excluding hydrogens is 492 g/mol. The molecule has 4 heterocycles. The van der Waals surface area contributed by atoms with Crippen LogP contribution in [0.4, 0.5) is 11.8 Å². The number of fused-ring (bicyclic) bond motifs is 1. The molecule has 1 aliphatic carbocycles. The van der Waals surface area contributed by atoms with Crippen molar-refractivity contribution in [2.24, 2.45) is 5.92 Å². The van der Waals surface area contributed by atoms with Gasteiger partial charge in [0.2, 0.25) is 5.95 Å². The average molecular weight is 527 g/mol. The Hall–Kier alpha value is -4.05. The van der Waals surface area contributed by atoms with Gasteiger partial charge >= 0.3 is 5.97 Å². The van der Waals surface area contributed by atoms with Crippen molar-refractivity contribution >= 4 is 28.9 Å². The van der Waals surface area contributed by atoms with Crippen molar-refractivity contribution < 1.29 is 9.90 Å². The number of carboxylic acid groups (broad SMARTS) is 1. The summed E-state index contributed by atoms with van der Waals surface area (Å²) in [6.45, 7) is 3.53. The Kier molecular flexibility index (Phi) is 7.36. The third-order valence-corrected chi connectivity index (χ3v) is 7.86.